The summed E-state index contributed by atoms with van der Waals surface area (Å²) in [6.45, 7) is 5.40. The zero-order valence-corrected chi connectivity index (χ0v) is 16.2. The van der Waals surface area contributed by atoms with E-state index in [9.17, 15) is 18.0 Å². The molecule has 2 rings (SSSR count). The largest absolute Gasteiger partial charge is 0.325 e. The van der Waals surface area contributed by atoms with Gasteiger partial charge in [-0.1, -0.05) is 37.6 Å². The molecule has 7 nitrogen and oxygen atoms in total. The van der Waals surface area contributed by atoms with Crippen molar-refractivity contribution in [3.05, 3.63) is 36.4 Å². The van der Waals surface area contributed by atoms with Crippen LogP contribution in [0.3, 0.4) is 0 Å². The fourth-order valence-electron chi connectivity index (χ4n) is 2.97. The van der Waals surface area contributed by atoms with Crippen LogP contribution in [0, 0.1) is 0 Å². The van der Waals surface area contributed by atoms with Gasteiger partial charge in [0, 0.05) is 6.42 Å². The van der Waals surface area contributed by atoms with E-state index >= 15 is 0 Å². The van der Waals surface area contributed by atoms with Crippen molar-refractivity contribution in [2.24, 2.45) is 4.99 Å². The first kappa shape index (κ1) is 20.8. The van der Waals surface area contributed by atoms with E-state index < -0.39 is 21.5 Å². The summed E-state index contributed by atoms with van der Waals surface area (Å²) in [5, 5.41) is 2.62. The Labute approximate surface area is 160 Å². The van der Waals surface area contributed by atoms with E-state index in [0.717, 1.165) is 6.42 Å². The second-order valence-electron chi connectivity index (χ2n) is 6.46. The highest BCUT2D eigenvalue weighted by atomic mass is 32.2. The number of aliphatic imine (C=N–C) groups is 1. The number of para-hydroxylation sites is 1. The van der Waals surface area contributed by atoms with Gasteiger partial charge in [-0.2, -0.15) is 0 Å². The summed E-state index contributed by atoms with van der Waals surface area (Å²) in [6.07, 6.45) is 6.75. The van der Waals surface area contributed by atoms with Crippen LogP contribution in [0.4, 0.5) is 5.69 Å². The third kappa shape index (κ3) is 5.03. The van der Waals surface area contributed by atoms with E-state index in [0.29, 0.717) is 25.7 Å². The monoisotopic (exact) mass is 391 g/mol. The number of nitrogens with one attached hydrogen (secondary N) is 2. The number of carbonyl (C=O) groups excluding carboxylic acids is 2. The Morgan fingerprint density at radius 3 is 2.67 bits per heavy atom. The Bertz CT molecular complexity index is 848. The molecule has 1 aliphatic rings. The standard InChI is InChI=1S/C19H25N3O4S/c1-3-13-19(20-2)14-9-5-4-6-12-17(23)21-15-10-7-8-11-16(15)27(25,26)22-18(19)24/h7-11,14H,2-6,12-13H2,1H3,(H,21,23)(H,22,24)/b14-9-/t19-/m1/s1. The fourth-order valence-corrected chi connectivity index (χ4v) is 4.16. The fraction of sp³-hybridized carbons (Fsp3) is 0.421. The Balaban J connectivity index is 2.50. The number of carbonyl (C=O) groups is 2. The highest BCUT2D eigenvalue weighted by molar-refractivity contribution is 7.90. The van der Waals surface area contributed by atoms with Crippen LogP contribution in [0.15, 0.2) is 46.3 Å². The van der Waals surface area contributed by atoms with Crippen molar-refractivity contribution in [1.82, 2.24) is 4.72 Å². The number of hydrogen-bond acceptors (Lipinski definition) is 5. The van der Waals surface area contributed by atoms with Gasteiger partial charge in [-0.15, -0.1) is 0 Å². The number of sulfonamides is 1. The lowest BCUT2D eigenvalue weighted by molar-refractivity contribution is -0.123. The summed E-state index contributed by atoms with van der Waals surface area (Å²) in [5.74, 6) is -1.02. The average molecular weight is 391 g/mol. The molecule has 2 amide bonds. The van der Waals surface area contributed by atoms with E-state index in [1.165, 1.54) is 18.2 Å². The molecular weight excluding hydrogens is 366 g/mol. The van der Waals surface area contributed by atoms with Crippen LogP contribution < -0.4 is 10.0 Å². The predicted octanol–water partition coefficient (Wildman–Crippen LogP) is 2.80. The second kappa shape index (κ2) is 8.94. The molecule has 146 valence electrons. The van der Waals surface area contributed by atoms with Gasteiger partial charge in [0.15, 0.2) is 5.54 Å². The van der Waals surface area contributed by atoms with Crippen molar-refractivity contribution in [2.75, 3.05) is 5.32 Å². The first-order valence-corrected chi connectivity index (χ1v) is 10.4. The van der Waals surface area contributed by atoms with Crippen LogP contribution in [0.1, 0.15) is 45.4 Å². The van der Waals surface area contributed by atoms with Crippen molar-refractivity contribution in [3.8, 4) is 0 Å². The number of fused-ring (bicyclic) bond motifs is 1. The van der Waals surface area contributed by atoms with Gasteiger partial charge < -0.3 is 5.32 Å². The van der Waals surface area contributed by atoms with Crippen LogP contribution in [-0.2, 0) is 19.6 Å². The minimum absolute atomic E-state index is 0.142. The first-order valence-electron chi connectivity index (χ1n) is 8.96. The number of allylic oxidation sites excluding steroid dienone is 1. The highest BCUT2D eigenvalue weighted by Gasteiger charge is 2.37. The van der Waals surface area contributed by atoms with Crippen LogP contribution in [0.5, 0.6) is 0 Å². The topological polar surface area (TPSA) is 105 Å². The number of amides is 2. The van der Waals surface area contributed by atoms with Crippen molar-refractivity contribution in [1.29, 1.82) is 0 Å². The summed E-state index contributed by atoms with van der Waals surface area (Å²) in [4.78, 5) is 28.8. The Kier molecular flexibility index (Phi) is 6.90. The molecule has 0 saturated carbocycles. The third-order valence-corrected chi connectivity index (χ3v) is 5.79. The zero-order chi connectivity index (χ0) is 19.9. The molecule has 1 aromatic rings. The van der Waals surface area contributed by atoms with Gasteiger partial charge in [-0.3, -0.25) is 14.6 Å². The Hall–Kier alpha value is -2.48. The molecule has 0 aliphatic carbocycles. The van der Waals surface area contributed by atoms with Gasteiger partial charge in [0.2, 0.25) is 5.91 Å². The molecule has 1 heterocycles. The molecule has 0 spiro atoms. The quantitative estimate of drug-likeness (QED) is 0.610. The molecule has 1 atom stereocenters. The molecule has 0 bridgehead atoms. The maximum Gasteiger partial charge on any atom is 0.266 e. The first-order chi connectivity index (χ1) is 12.8. The van der Waals surface area contributed by atoms with Gasteiger partial charge in [0.1, 0.15) is 4.90 Å². The minimum Gasteiger partial charge on any atom is -0.325 e. The van der Waals surface area contributed by atoms with Crippen molar-refractivity contribution in [3.63, 3.8) is 0 Å². The van der Waals surface area contributed by atoms with Gasteiger partial charge >= 0.3 is 0 Å². The normalized spacial score (nSPS) is 24.6. The van der Waals surface area contributed by atoms with Gasteiger partial charge in [0.05, 0.1) is 5.69 Å². The molecule has 1 aliphatic heterocycles. The van der Waals surface area contributed by atoms with E-state index in [1.807, 2.05) is 6.92 Å². The summed E-state index contributed by atoms with van der Waals surface area (Å²) < 4.78 is 27.7. The minimum atomic E-state index is -4.20. The van der Waals surface area contributed by atoms with E-state index in [2.05, 4.69) is 21.7 Å². The molecule has 8 heteroatoms. The highest BCUT2D eigenvalue weighted by Crippen LogP contribution is 2.25. The Morgan fingerprint density at radius 2 is 1.96 bits per heavy atom. The lowest BCUT2D eigenvalue weighted by atomic mass is 9.92. The van der Waals surface area contributed by atoms with Gasteiger partial charge in [-0.25, -0.2) is 13.1 Å². The second-order valence-corrected chi connectivity index (χ2v) is 8.11. The van der Waals surface area contributed by atoms with Crippen LogP contribution in [-0.4, -0.2) is 32.5 Å². The van der Waals surface area contributed by atoms with Crippen LogP contribution in [0.2, 0.25) is 0 Å². The summed E-state index contributed by atoms with van der Waals surface area (Å²) in [6, 6.07) is 5.99. The van der Waals surface area contributed by atoms with Crippen LogP contribution >= 0.6 is 0 Å². The summed E-state index contributed by atoms with van der Waals surface area (Å²) >= 11 is 0. The number of anilines is 1. The summed E-state index contributed by atoms with van der Waals surface area (Å²) in [5.41, 5.74) is -1.20. The average Bonchev–Trinajstić information content (AvgIpc) is 2.62. The van der Waals surface area contributed by atoms with Gasteiger partial charge in [0.25, 0.3) is 15.9 Å². The molecule has 1 aromatic carbocycles. The SMILES string of the molecule is C=N[C@]1(CCC)/C=C\CCCCC(=O)Nc2ccccc2S(=O)(=O)NC1=O. The molecule has 27 heavy (non-hydrogen) atoms. The molecule has 0 aromatic heterocycles. The molecule has 0 unspecified atom stereocenters. The summed E-state index contributed by atoms with van der Waals surface area (Å²) in [7, 11) is -4.20. The number of hydrogen-bond donors (Lipinski definition) is 2. The van der Waals surface area contributed by atoms with Gasteiger partial charge in [-0.05, 0) is 44.5 Å². The van der Waals surface area contributed by atoms with Crippen molar-refractivity contribution < 1.29 is 18.0 Å². The number of nitrogens with zero attached hydrogens (tertiary/aromatic N) is 1. The zero-order valence-electron chi connectivity index (χ0n) is 15.4. The number of benzene rings is 1. The third-order valence-electron chi connectivity index (χ3n) is 4.40. The van der Waals surface area contributed by atoms with Crippen molar-refractivity contribution in [2.45, 2.75) is 55.9 Å². The van der Waals surface area contributed by atoms with Crippen LogP contribution in [0.25, 0.3) is 0 Å². The lowest BCUT2D eigenvalue weighted by Crippen LogP contribution is -2.46. The maximum atomic E-state index is 12.9. The lowest BCUT2D eigenvalue weighted by Gasteiger charge is -2.25. The Morgan fingerprint density at radius 1 is 1.22 bits per heavy atom. The molecule has 0 fully saturated rings. The number of rotatable bonds is 3. The van der Waals surface area contributed by atoms with E-state index in [-0.39, 0.29) is 22.9 Å². The van der Waals surface area contributed by atoms with E-state index in [1.54, 1.807) is 18.2 Å². The smallest absolute Gasteiger partial charge is 0.266 e. The predicted molar refractivity (Wildman–Crippen MR) is 105 cm³/mol. The van der Waals surface area contributed by atoms with E-state index in [4.69, 9.17) is 0 Å². The molecule has 0 radical (unpaired) electrons. The maximum absolute atomic E-state index is 12.9. The molecule has 2 N–H and O–H groups in total. The van der Waals surface area contributed by atoms with Crippen molar-refractivity contribution >= 4 is 34.2 Å². The molecule has 0 saturated heterocycles. The molecular formula is C19H25N3O4S.